The Labute approximate surface area is 119 Å². The van der Waals surface area contributed by atoms with Gasteiger partial charge in [-0.3, -0.25) is 9.59 Å². The Morgan fingerprint density at radius 3 is 2.95 bits per heavy atom. The average molecular weight is 290 g/mol. The van der Waals surface area contributed by atoms with Crippen LogP contribution < -0.4 is 5.32 Å². The highest BCUT2D eigenvalue weighted by atomic mass is 16.5. The third-order valence-electron chi connectivity index (χ3n) is 3.83. The van der Waals surface area contributed by atoms with Gasteiger partial charge in [0.2, 0.25) is 0 Å². The van der Waals surface area contributed by atoms with Gasteiger partial charge in [-0.1, -0.05) is 0 Å². The minimum Gasteiger partial charge on any atom is -0.481 e. The molecule has 1 saturated heterocycles. The maximum atomic E-state index is 12.3. The Hall–Kier alpha value is -2.48. The molecule has 110 valence electrons. The molecule has 3 N–H and O–H groups in total. The second-order valence-electron chi connectivity index (χ2n) is 5.29. The number of hydrogen-bond donors (Lipinski definition) is 3. The first-order valence-electron chi connectivity index (χ1n) is 6.43. The van der Waals surface area contributed by atoms with Crippen LogP contribution in [0.25, 0.3) is 11.0 Å². The van der Waals surface area contributed by atoms with Gasteiger partial charge in [-0.25, -0.2) is 0 Å². The number of H-pyrrole nitrogens is 1. The van der Waals surface area contributed by atoms with Crippen LogP contribution in [0.5, 0.6) is 0 Å². The zero-order chi connectivity index (χ0) is 15.0. The number of nitrogens with one attached hydrogen (secondary N) is 2. The van der Waals surface area contributed by atoms with Crippen LogP contribution in [-0.2, 0) is 9.53 Å². The number of benzene rings is 1. The predicted octanol–water partition coefficient (Wildman–Crippen LogP) is 0.177. The normalized spacial score (nSPS) is 25.1. The van der Waals surface area contributed by atoms with Crippen molar-refractivity contribution in [3.8, 4) is 0 Å². The highest BCUT2D eigenvalue weighted by molar-refractivity contribution is 5.97. The number of carbonyl (C=O) groups excluding carboxylic acids is 1. The standard InChI is InChI=1S/C13H14N4O4/c1-13(12(19)20)6-21-5-10(13)14-11(18)7-2-3-8-9(4-7)16-17-15-8/h2-4,10H,5-6H2,1H3,(H,14,18)(H,19,20)(H,15,16,17). The van der Waals surface area contributed by atoms with E-state index in [1.165, 1.54) is 0 Å². The summed E-state index contributed by atoms with van der Waals surface area (Å²) in [6.07, 6.45) is 0. The van der Waals surface area contributed by atoms with Gasteiger partial charge in [-0.15, -0.1) is 0 Å². The number of aromatic amines is 1. The van der Waals surface area contributed by atoms with Crippen LogP contribution in [0.1, 0.15) is 17.3 Å². The van der Waals surface area contributed by atoms with E-state index in [0.717, 1.165) is 0 Å². The van der Waals surface area contributed by atoms with E-state index in [0.29, 0.717) is 16.6 Å². The molecule has 0 saturated carbocycles. The Balaban J connectivity index is 1.81. The molecule has 0 radical (unpaired) electrons. The Kier molecular flexibility index (Phi) is 3.09. The molecule has 2 unspecified atom stereocenters. The summed E-state index contributed by atoms with van der Waals surface area (Å²) in [5.74, 6) is -1.35. The number of amides is 1. The van der Waals surface area contributed by atoms with Crippen LogP contribution in [0.15, 0.2) is 18.2 Å². The van der Waals surface area contributed by atoms with Crippen molar-refractivity contribution in [1.29, 1.82) is 0 Å². The van der Waals surface area contributed by atoms with Crippen LogP contribution in [0.3, 0.4) is 0 Å². The molecule has 1 amide bonds. The van der Waals surface area contributed by atoms with Crippen molar-refractivity contribution in [2.45, 2.75) is 13.0 Å². The van der Waals surface area contributed by atoms with Gasteiger partial charge in [0, 0.05) is 5.56 Å². The summed E-state index contributed by atoms with van der Waals surface area (Å²) >= 11 is 0. The molecule has 1 aliphatic heterocycles. The van der Waals surface area contributed by atoms with E-state index in [-0.39, 0.29) is 19.1 Å². The third-order valence-corrected chi connectivity index (χ3v) is 3.83. The predicted molar refractivity (Wildman–Crippen MR) is 71.7 cm³/mol. The number of hydrogen-bond acceptors (Lipinski definition) is 5. The van der Waals surface area contributed by atoms with E-state index < -0.39 is 17.4 Å². The molecule has 8 nitrogen and oxygen atoms in total. The Morgan fingerprint density at radius 2 is 2.19 bits per heavy atom. The van der Waals surface area contributed by atoms with E-state index in [4.69, 9.17) is 4.74 Å². The molecular weight excluding hydrogens is 276 g/mol. The van der Waals surface area contributed by atoms with Crippen LogP contribution in [0.2, 0.25) is 0 Å². The molecule has 1 aliphatic rings. The highest BCUT2D eigenvalue weighted by Gasteiger charge is 2.47. The minimum absolute atomic E-state index is 0.0790. The number of rotatable bonds is 3. The number of aromatic nitrogens is 3. The fraction of sp³-hybridized carbons (Fsp3) is 0.385. The number of nitrogens with zero attached hydrogens (tertiary/aromatic N) is 2. The van der Waals surface area contributed by atoms with Gasteiger partial charge in [0.05, 0.1) is 19.3 Å². The van der Waals surface area contributed by atoms with Gasteiger partial charge in [-0.05, 0) is 25.1 Å². The number of fused-ring (bicyclic) bond motifs is 1. The second kappa shape index (κ2) is 4.81. The van der Waals surface area contributed by atoms with E-state index in [9.17, 15) is 14.7 Å². The van der Waals surface area contributed by atoms with Gasteiger partial charge < -0.3 is 15.2 Å². The summed E-state index contributed by atoms with van der Waals surface area (Å²) in [5.41, 5.74) is 0.515. The van der Waals surface area contributed by atoms with Crippen molar-refractivity contribution >= 4 is 22.9 Å². The molecule has 2 heterocycles. The Morgan fingerprint density at radius 1 is 1.43 bits per heavy atom. The molecule has 2 aromatic rings. The lowest BCUT2D eigenvalue weighted by atomic mass is 9.85. The van der Waals surface area contributed by atoms with Crippen molar-refractivity contribution in [3.63, 3.8) is 0 Å². The lowest BCUT2D eigenvalue weighted by Gasteiger charge is -2.25. The molecule has 0 spiro atoms. The molecule has 1 aromatic heterocycles. The molecule has 1 aromatic carbocycles. The fourth-order valence-corrected chi connectivity index (χ4v) is 2.31. The first-order valence-corrected chi connectivity index (χ1v) is 6.43. The van der Waals surface area contributed by atoms with E-state index in [2.05, 4.69) is 20.7 Å². The quantitative estimate of drug-likeness (QED) is 0.742. The molecule has 2 atom stereocenters. The largest absolute Gasteiger partial charge is 0.481 e. The summed E-state index contributed by atoms with van der Waals surface area (Å²) in [7, 11) is 0. The summed E-state index contributed by atoms with van der Waals surface area (Å²) in [4.78, 5) is 23.6. The average Bonchev–Trinajstić information content (AvgIpc) is 3.06. The fourth-order valence-electron chi connectivity index (χ4n) is 2.31. The van der Waals surface area contributed by atoms with Gasteiger partial charge in [0.15, 0.2) is 0 Å². The zero-order valence-electron chi connectivity index (χ0n) is 11.3. The lowest BCUT2D eigenvalue weighted by Crippen LogP contribution is -2.49. The van der Waals surface area contributed by atoms with Gasteiger partial charge in [0.25, 0.3) is 5.91 Å². The first-order chi connectivity index (χ1) is 10.0. The third kappa shape index (κ3) is 2.23. The number of carbonyl (C=O) groups is 2. The molecular formula is C13H14N4O4. The molecule has 1 fully saturated rings. The van der Waals surface area contributed by atoms with E-state index in [1.807, 2.05) is 0 Å². The molecule has 3 rings (SSSR count). The summed E-state index contributed by atoms with van der Waals surface area (Å²) in [6, 6.07) is 4.32. The number of ether oxygens (including phenoxy) is 1. The van der Waals surface area contributed by atoms with Gasteiger partial charge >= 0.3 is 5.97 Å². The molecule has 21 heavy (non-hydrogen) atoms. The summed E-state index contributed by atoms with van der Waals surface area (Å²) in [6.45, 7) is 1.82. The number of carboxylic acids is 1. The Bertz CT molecular complexity index is 713. The van der Waals surface area contributed by atoms with Crippen LogP contribution in [0, 0.1) is 5.41 Å². The molecule has 0 bridgehead atoms. The van der Waals surface area contributed by atoms with Crippen molar-refractivity contribution in [2.75, 3.05) is 13.2 Å². The minimum atomic E-state index is -1.12. The van der Waals surface area contributed by atoms with Crippen molar-refractivity contribution in [1.82, 2.24) is 20.7 Å². The van der Waals surface area contributed by atoms with Gasteiger partial charge in [-0.2, -0.15) is 15.4 Å². The molecule has 8 heteroatoms. The van der Waals surface area contributed by atoms with Crippen molar-refractivity contribution in [2.24, 2.45) is 5.41 Å². The van der Waals surface area contributed by atoms with Gasteiger partial charge in [0.1, 0.15) is 16.4 Å². The smallest absolute Gasteiger partial charge is 0.313 e. The maximum absolute atomic E-state index is 12.3. The van der Waals surface area contributed by atoms with Crippen LogP contribution in [-0.4, -0.2) is 51.6 Å². The number of aliphatic carboxylic acids is 1. The zero-order valence-corrected chi connectivity index (χ0v) is 11.3. The van der Waals surface area contributed by atoms with E-state index in [1.54, 1.807) is 25.1 Å². The lowest BCUT2D eigenvalue weighted by molar-refractivity contribution is -0.148. The second-order valence-corrected chi connectivity index (χ2v) is 5.29. The molecule has 0 aliphatic carbocycles. The van der Waals surface area contributed by atoms with Crippen LogP contribution in [0.4, 0.5) is 0 Å². The first kappa shape index (κ1) is 13.5. The monoisotopic (exact) mass is 290 g/mol. The van der Waals surface area contributed by atoms with Crippen LogP contribution >= 0.6 is 0 Å². The summed E-state index contributed by atoms with van der Waals surface area (Å²) in [5, 5.41) is 22.3. The van der Waals surface area contributed by atoms with E-state index >= 15 is 0 Å². The number of carboxylic acid groups (broad SMARTS) is 1. The van der Waals surface area contributed by atoms with Crippen molar-refractivity contribution in [3.05, 3.63) is 23.8 Å². The maximum Gasteiger partial charge on any atom is 0.313 e. The SMILES string of the molecule is CC1(C(=O)O)COCC1NC(=O)c1ccc2n[nH]nc2c1. The summed E-state index contributed by atoms with van der Waals surface area (Å²) < 4.78 is 5.21. The highest BCUT2D eigenvalue weighted by Crippen LogP contribution is 2.29. The topological polar surface area (TPSA) is 117 Å². The van der Waals surface area contributed by atoms with Crippen molar-refractivity contribution < 1.29 is 19.4 Å².